The van der Waals surface area contributed by atoms with Gasteiger partial charge in [0.2, 0.25) is 5.91 Å². The van der Waals surface area contributed by atoms with Crippen molar-refractivity contribution in [3.8, 4) is 22.4 Å². The third-order valence-corrected chi connectivity index (χ3v) is 6.26. The summed E-state index contributed by atoms with van der Waals surface area (Å²) in [5.74, 6) is -0.775. The maximum absolute atomic E-state index is 12.9. The van der Waals surface area contributed by atoms with Crippen LogP contribution in [0.3, 0.4) is 0 Å². The minimum absolute atomic E-state index is 0.144. The van der Waals surface area contributed by atoms with Crippen molar-refractivity contribution in [3.05, 3.63) is 60.2 Å². The van der Waals surface area contributed by atoms with Crippen LogP contribution in [0.15, 0.2) is 48.9 Å². The van der Waals surface area contributed by atoms with Crippen LogP contribution in [-0.2, 0) is 4.79 Å². The first kappa shape index (κ1) is 23.0. The number of H-pyrrole nitrogens is 1. The Labute approximate surface area is 206 Å². The zero-order valence-electron chi connectivity index (χ0n) is 19.7. The van der Waals surface area contributed by atoms with Crippen LogP contribution >= 0.6 is 0 Å². The average molecular weight is 485 g/mol. The highest BCUT2D eigenvalue weighted by atomic mass is 16.2. The summed E-state index contributed by atoms with van der Waals surface area (Å²) >= 11 is 0. The molecule has 0 saturated carbocycles. The molecule has 5 rings (SSSR count). The lowest BCUT2D eigenvalue weighted by Gasteiger charge is -2.36. The number of hydrogen-bond donors (Lipinski definition) is 3. The third-order valence-electron chi connectivity index (χ3n) is 6.26. The SMILES string of the molecule is CN(C)C(=O)c1ccc(-c2cc(-c3ccnc4[nH]c(C(=O)N5CC(C(N)=O)C5)cc34)cnc2N)nc1. The summed E-state index contributed by atoms with van der Waals surface area (Å²) in [6.45, 7) is 0.613. The number of fused-ring (bicyclic) bond motifs is 1. The summed E-state index contributed by atoms with van der Waals surface area (Å²) in [6.07, 6.45) is 4.81. The van der Waals surface area contributed by atoms with E-state index in [0.717, 1.165) is 16.5 Å². The Morgan fingerprint density at radius 1 is 1.03 bits per heavy atom. The molecule has 0 spiro atoms. The van der Waals surface area contributed by atoms with Crippen LogP contribution in [0.5, 0.6) is 0 Å². The molecule has 11 heteroatoms. The molecule has 0 radical (unpaired) electrons. The van der Waals surface area contributed by atoms with E-state index in [0.29, 0.717) is 47.1 Å². The number of nitrogens with one attached hydrogen (secondary N) is 1. The number of aromatic nitrogens is 4. The van der Waals surface area contributed by atoms with Gasteiger partial charge in [-0.1, -0.05) is 0 Å². The van der Waals surface area contributed by atoms with E-state index in [1.807, 2.05) is 12.1 Å². The van der Waals surface area contributed by atoms with E-state index in [-0.39, 0.29) is 17.7 Å². The Kier molecular flexibility index (Phi) is 5.59. The monoisotopic (exact) mass is 484 g/mol. The molecule has 5 heterocycles. The van der Waals surface area contributed by atoms with Gasteiger partial charge in [0.1, 0.15) is 17.2 Å². The summed E-state index contributed by atoms with van der Waals surface area (Å²) in [5, 5.41) is 0.741. The minimum atomic E-state index is -0.403. The highest BCUT2D eigenvalue weighted by molar-refractivity contribution is 6.02. The second-order valence-corrected chi connectivity index (χ2v) is 8.90. The van der Waals surface area contributed by atoms with Crippen molar-refractivity contribution in [1.29, 1.82) is 0 Å². The molecule has 0 aliphatic carbocycles. The lowest BCUT2D eigenvalue weighted by atomic mass is 9.99. The predicted molar refractivity (Wildman–Crippen MR) is 134 cm³/mol. The minimum Gasteiger partial charge on any atom is -0.383 e. The summed E-state index contributed by atoms with van der Waals surface area (Å²) in [4.78, 5) is 55.6. The molecular formula is C25H24N8O3. The van der Waals surface area contributed by atoms with Crippen LogP contribution < -0.4 is 11.5 Å². The van der Waals surface area contributed by atoms with Gasteiger partial charge in [-0.2, -0.15) is 0 Å². The molecule has 0 atom stereocenters. The number of primary amides is 1. The van der Waals surface area contributed by atoms with Crippen LogP contribution in [0, 0.1) is 5.92 Å². The summed E-state index contributed by atoms with van der Waals surface area (Å²) in [7, 11) is 3.36. The van der Waals surface area contributed by atoms with Gasteiger partial charge in [-0.3, -0.25) is 19.4 Å². The molecule has 4 aromatic rings. The van der Waals surface area contributed by atoms with E-state index in [9.17, 15) is 14.4 Å². The number of anilines is 1. The molecule has 4 aromatic heterocycles. The Balaban J connectivity index is 1.47. The number of amides is 3. The van der Waals surface area contributed by atoms with Gasteiger partial charge in [-0.15, -0.1) is 0 Å². The molecule has 0 bridgehead atoms. The fraction of sp³-hybridized carbons (Fsp3) is 0.200. The number of likely N-dealkylation sites (tertiary alicyclic amines) is 1. The van der Waals surface area contributed by atoms with Crippen molar-refractivity contribution in [2.75, 3.05) is 32.9 Å². The van der Waals surface area contributed by atoms with Gasteiger partial charge in [-0.25, -0.2) is 9.97 Å². The van der Waals surface area contributed by atoms with E-state index in [1.165, 1.54) is 11.1 Å². The van der Waals surface area contributed by atoms with Gasteiger partial charge < -0.3 is 26.3 Å². The van der Waals surface area contributed by atoms with Crippen molar-refractivity contribution in [2.45, 2.75) is 0 Å². The lowest BCUT2D eigenvalue weighted by Crippen LogP contribution is -2.54. The molecule has 0 aromatic carbocycles. The maximum Gasteiger partial charge on any atom is 0.270 e. The average Bonchev–Trinajstić information content (AvgIpc) is 3.27. The number of carbonyl (C=O) groups excluding carboxylic acids is 3. The van der Waals surface area contributed by atoms with Crippen LogP contribution in [-0.4, -0.2) is 74.6 Å². The van der Waals surface area contributed by atoms with Gasteiger partial charge in [0, 0.05) is 62.3 Å². The van der Waals surface area contributed by atoms with Gasteiger partial charge >= 0.3 is 0 Å². The molecule has 1 aliphatic heterocycles. The number of aromatic amines is 1. The van der Waals surface area contributed by atoms with E-state index in [4.69, 9.17) is 11.5 Å². The second kappa shape index (κ2) is 8.77. The first-order valence-electron chi connectivity index (χ1n) is 11.2. The number of nitrogens with two attached hydrogens (primary N) is 2. The van der Waals surface area contributed by atoms with Crippen LogP contribution in [0.25, 0.3) is 33.4 Å². The Morgan fingerprint density at radius 3 is 2.47 bits per heavy atom. The number of pyridine rings is 3. The van der Waals surface area contributed by atoms with Crippen molar-refractivity contribution in [3.63, 3.8) is 0 Å². The lowest BCUT2D eigenvalue weighted by molar-refractivity contribution is -0.125. The largest absolute Gasteiger partial charge is 0.383 e. The fourth-order valence-electron chi connectivity index (χ4n) is 4.15. The van der Waals surface area contributed by atoms with Crippen LogP contribution in [0.4, 0.5) is 5.82 Å². The molecule has 0 unspecified atom stereocenters. The highest BCUT2D eigenvalue weighted by Crippen LogP contribution is 2.33. The zero-order valence-corrected chi connectivity index (χ0v) is 19.7. The van der Waals surface area contributed by atoms with Gasteiger partial charge in [0.05, 0.1) is 17.2 Å². The van der Waals surface area contributed by atoms with E-state index >= 15 is 0 Å². The number of nitrogens with zero attached hydrogens (tertiary/aromatic N) is 5. The van der Waals surface area contributed by atoms with Gasteiger partial charge in [-0.05, 0) is 35.9 Å². The first-order valence-corrected chi connectivity index (χ1v) is 11.2. The smallest absolute Gasteiger partial charge is 0.270 e. The predicted octanol–water partition coefficient (Wildman–Crippen LogP) is 1.53. The van der Waals surface area contributed by atoms with Gasteiger partial charge in [0.15, 0.2) is 0 Å². The second-order valence-electron chi connectivity index (χ2n) is 8.90. The Bertz CT molecular complexity index is 1500. The number of carbonyl (C=O) groups is 3. The standard InChI is InChI=1S/C25H24N8O3/c1-32(2)24(35)13-3-4-19(29-9-13)18-7-14(10-30-21(18)26)16-5-6-28-23-17(16)8-20(31-23)25(36)33-11-15(12-33)22(27)34/h3-10,15H,11-12H2,1-2H3,(H2,26,30)(H2,27,34)(H,28,31). The van der Waals surface area contributed by atoms with Crippen molar-refractivity contribution in [2.24, 2.45) is 11.7 Å². The van der Waals surface area contributed by atoms with Crippen molar-refractivity contribution >= 4 is 34.6 Å². The molecule has 5 N–H and O–H groups in total. The van der Waals surface area contributed by atoms with E-state index in [2.05, 4.69) is 19.9 Å². The summed E-state index contributed by atoms with van der Waals surface area (Å²) < 4.78 is 0. The van der Waals surface area contributed by atoms with Crippen LogP contribution in [0.2, 0.25) is 0 Å². The molecule has 1 saturated heterocycles. The topological polar surface area (TPSA) is 164 Å². The van der Waals surface area contributed by atoms with E-state index < -0.39 is 5.91 Å². The quantitative estimate of drug-likeness (QED) is 0.386. The van der Waals surface area contributed by atoms with Crippen LogP contribution in [0.1, 0.15) is 20.8 Å². The molecule has 1 fully saturated rings. The molecular weight excluding hydrogens is 460 g/mol. The number of hydrogen-bond acceptors (Lipinski definition) is 7. The van der Waals surface area contributed by atoms with Gasteiger partial charge in [0.25, 0.3) is 11.8 Å². The fourth-order valence-corrected chi connectivity index (χ4v) is 4.15. The molecule has 11 nitrogen and oxygen atoms in total. The summed E-state index contributed by atoms with van der Waals surface area (Å²) in [6, 6.07) is 8.88. The summed E-state index contributed by atoms with van der Waals surface area (Å²) in [5.41, 5.74) is 15.6. The highest BCUT2D eigenvalue weighted by Gasteiger charge is 2.35. The Hall–Kier alpha value is -4.80. The Morgan fingerprint density at radius 2 is 1.81 bits per heavy atom. The first-order chi connectivity index (χ1) is 17.2. The number of nitrogen functional groups attached to an aromatic ring is 1. The molecule has 1 aliphatic rings. The molecule has 182 valence electrons. The number of rotatable bonds is 5. The van der Waals surface area contributed by atoms with E-state index in [1.54, 1.807) is 49.6 Å². The maximum atomic E-state index is 12.9. The van der Waals surface area contributed by atoms with Crippen molar-refractivity contribution in [1.82, 2.24) is 29.7 Å². The van der Waals surface area contributed by atoms with Crippen molar-refractivity contribution < 1.29 is 14.4 Å². The zero-order chi connectivity index (χ0) is 25.6. The normalized spacial score (nSPS) is 13.4. The third kappa shape index (κ3) is 4.00. The molecule has 36 heavy (non-hydrogen) atoms. The molecule has 3 amide bonds.